The van der Waals surface area contributed by atoms with E-state index in [0.717, 1.165) is 10.6 Å². The molecule has 2 rings (SSSR count). The lowest BCUT2D eigenvalue weighted by atomic mass is 9.94. The zero-order valence-corrected chi connectivity index (χ0v) is 14.3. The molecular formula is C16H22N4O2S. The van der Waals surface area contributed by atoms with Crippen molar-refractivity contribution in [3.05, 3.63) is 40.9 Å². The van der Waals surface area contributed by atoms with Crippen molar-refractivity contribution in [2.75, 3.05) is 11.9 Å². The number of urea groups is 1. The maximum absolute atomic E-state index is 12.1. The number of nitrogens with one attached hydrogen (secondary N) is 2. The van der Waals surface area contributed by atoms with Gasteiger partial charge in [-0.15, -0.1) is 10.2 Å². The Bertz CT molecular complexity index is 630. The van der Waals surface area contributed by atoms with Crippen LogP contribution < -0.4 is 10.6 Å². The summed E-state index contributed by atoms with van der Waals surface area (Å²) in [6.45, 7) is 5.87. The number of hydrogen-bond acceptors (Lipinski definition) is 5. The van der Waals surface area contributed by atoms with Crippen LogP contribution in [0.25, 0.3) is 0 Å². The van der Waals surface area contributed by atoms with Gasteiger partial charge in [0.15, 0.2) is 0 Å². The first-order valence-electron chi connectivity index (χ1n) is 7.58. The van der Waals surface area contributed by atoms with Crippen molar-refractivity contribution in [2.24, 2.45) is 0 Å². The van der Waals surface area contributed by atoms with Crippen molar-refractivity contribution < 1.29 is 9.90 Å². The van der Waals surface area contributed by atoms with E-state index < -0.39 is 6.03 Å². The number of aliphatic hydroxyl groups is 1. The molecule has 6 nitrogen and oxygen atoms in total. The molecule has 1 aromatic heterocycles. The zero-order chi connectivity index (χ0) is 16.8. The standard InChI is InChI=1S/C16H22N4O2S/c1-10(2)14-19-20-16(23-14)18-15(22)17-13(9-21)11(3)12-7-5-4-6-8-12/h4-8,10-11,13,21H,9H2,1-3H3,(H2,17,18,20,22)/t11-,13-/m0/s1. The van der Waals surface area contributed by atoms with Crippen LogP contribution in [0.1, 0.15) is 43.2 Å². The Morgan fingerprint density at radius 3 is 2.48 bits per heavy atom. The summed E-state index contributed by atoms with van der Waals surface area (Å²) in [6, 6.07) is 9.00. The molecule has 0 aliphatic heterocycles. The van der Waals surface area contributed by atoms with E-state index in [1.807, 2.05) is 51.1 Å². The van der Waals surface area contributed by atoms with Gasteiger partial charge in [-0.05, 0) is 5.56 Å². The molecule has 0 spiro atoms. The summed E-state index contributed by atoms with van der Waals surface area (Å²) in [7, 11) is 0. The molecule has 0 radical (unpaired) electrons. The predicted octanol–water partition coefficient (Wildman–Crippen LogP) is 2.95. The smallest absolute Gasteiger partial charge is 0.321 e. The highest BCUT2D eigenvalue weighted by molar-refractivity contribution is 7.15. The summed E-state index contributed by atoms with van der Waals surface area (Å²) in [6.07, 6.45) is 0. The van der Waals surface area contributed by atoms with Crippen molar-refractivity contribution in [3.63, 3.8) is 0 Å². The van der Waals surface area contributed by atoms with Crippen molar-refractivity contribution in [2.45, 2.75) is 38.6 Å². The van der Waals surface area contributed by atoms with Crippen molar-refractivity contribution in [1.82, 2.24) is 15.5 Å². The average Bonchev–Trinajstić information content (AvgIpc) is 3.01. The van der Waals surface area contributed by atoms with E-state index in [9.17, 15) is 9.90 Å². The van der Waals surface area contributed by atoms with Crippen LogP contribution in [0.2, 0.25) is 0 Å². The Hall–Kier alpha value is -1.99. The second-order valence-electron chi connectivity index (χ2n) is 5.69. The Balaban J connectivity index is 1.96. The van der Waals surface area contributed by atoms with Crippen LogP contribution in [-0.2, 0) is 0 Å². The summed E-state index contributed by atoms with van der Waals surface area (Å²) >= 11 is 1.35. The van der Waals surface area contributed by atoms with E-state index in [-0.39, 0.29) is 24.5 Å². The van der Waals surface area contributed by atoms with E-state index in [1.165, 1.54) is 11.3 Å². The molecule has 1 heterocycles. The Morgan fingerprint density at radius 2 is 1.91 bits per heavy atom. The van der Waals surface area contributed by atoms with E-state index in [2.05, 4.69) is 20.8 Å². The number of rotatable bonds is 6. The molecule has 3 N–H and O–H groups in total. The van der Waals surface area contributed by atoms with Gasteiger partial charge in [-0.3, -0.25) is 5.32 Å². The van der Waals surface area contributed by atoms with Gasteiger partial charge in [-0.1, -0.05) is 62.4 Å². The molecule has 0 unspecified atom stereocenters. The van der Waals surface area contributed by atoms with Crippen molar-refractivity contribution >= 4 is 22.5 Å². The number of aromatic nitrogens is 2. The minimum Gasteiger partial charge on any atom is -0.394 e. The van der Waals surface area contributed by atoms with Gasteiger partial charge in [0.2, 0.25) is 5.13 Å². The normalized spacial score (nSPS) is 13.6. The number of benzene rings is 1. The summed E-state index contributed by atoms with van der Waals surface area (Å²) in [5, 5.41) is 24.3. The molecular weight excluding hydrogens is 312 g/mol. The minimum atomic E-state index is -0.390. The van der Waals surface area contributed by atoms with Gasteiger partial charge in [0.05, 0.1) is 12.6 Å². The number of hydrogen-bond donors (Lipinski definition) is 3. The van der Waals surface area contributed by atoms with Gasteiger partial charge in [-0.25, -0.2) is 4.79 Å². The molecule has 7 heteroatoms. The van der Waals surface area contributed by atoms with Crippen LogP contribution in [0.4, 0.5) is 9.93 Å². The number of aliphatic hydroxyl groups excluding tert-OH is 1. The van der Waals surface area contributed by atoms with Gasteiger partial charge in [-0.2, -0.15) is 0 Å². The molecule has 23 heavy (non-hydrogen) atoms. The summed E-state index contributed by atoms with van der Waals surface area (Å²) in [4.78, 5) is 12.1. The van der Waals surface area contributed by atoms with Crippen molar-refractivity contribution in [3.8, 4) is 0 Å². The third kappa shape index (κ3) is 4.74. The van der Waals surface area contributed by atoms with Gasteiger partial charge in [0.1, 0.15) is 5.01 Å². The maximum Gasteiger partial charge on any atom is 0.321 e. The molecule has 0 saturated heterocycles. The van der Waals surface area contributed by atoms with Crippen LogP contribution >= 0.6 is 11.3 Å². The van der Waals surface area contributed by atoms with Gasteiger partial charge in [0, 0.05) is 11.8 Å². The summed E-state index contributed by atoms with van der Waals surface area (Å²) in [5.74, 6) is 0.266. The largest absolute Gasteiger partial charge is 0.394 e. The maximum atomic E-state index is 12.1. The number of anilines is 1. The highest BCUT2D eigenvalue weighted by atomic mass is 32.1. The molecule has 0 aliphatic carbocycles. The molecule has 0 fully saturated rings. The van der Waals surface area contributed by atoms with Crippen LogP contribution in [0.5, 0.6) is 0 Å². The van der Waals surface area contributed by atoms with Crippen LogP contribution in [0, 0.1) is 0 Å². The second-order valence-corrected chi connectivity index (χ2v) is 6.70. The fourth-order valence-electron chi connectivity index (χ4n) is 2.14. The monoisotopic (exact) mass is 334 g/mol. The van der Waals surface area contributed by atoms with E-state index in [1.54, 1.807) is 0 Å². The van der Waals surface area contributed by atoms with Gasteiger partial charge < -0.3 is 10.4 Å². The first-order valence-corrected chi connectivity index (χ1v) is 8.39. The second kappa shape index (κ2) is 8.03. The van der Waals surface area contributed by atoms with Gasteiger partial charge in [0.25, 0.3) is 0 Å². The highest BCUT2D eigenvalue weighted by Gasteiger charge is 2.21. The fraction of sp³-hybridized carbons (Fsp3) is 0.438. The number of carbonyl (C=O) groups excluding carboxylic acids is 1. The molecule has 1 aromatic carbocycles. The Labute approximate surface area is 140 Å². The van der Waals surface area contributed by atoms with E-state index in [0.29, 0.717) is 5.13 Å². The Kier molecular flexibility index (Phi) is 6.06. The number of nitrogens with zero attached hydrogens (tertiary/aromatic N) is 2. The van der Waals surface area contributed by atoms with Crippen LogP contribution in [0.3, 0.4) is 0 Å². The topological polar surface area (TPSA) is 87.1 Å². The lowest BCUT2D eigenvalue weighted by Crippen LogP contribution is -2.43. The molecule has 2 aromatic rings. The molecule has 124 valence electrons. The van der Waals surface area contributed by atoms with E-state index >= 15 is 0 Å². The van der Waals surface area contributed by atoms with Crippen molar-refractivity contribution in [1.29, 1.82) is 0 Å². The summed E-state index contributed by atoms with van der Waals surface area (Å²) < 4.78 is 0. The summed E-state index contributed by atoms with van der Waals surface area (Å²) in [5.41, 5.74) is 1.06. The molecule has 0 bridgehead atoms. The molecule has 2 atom stereocenters. The zero-order valence-electron chi connectivity index (χ0n) is 13.5. The lowest BCUT2D eigenvalue weighted by Gasteiger charge is -2.23. The molecule has 2 amide bonds. The predicted molar refractivity (Wildman–Crippen MR) is 91.9 cm³/mol. The quantitative estimate of drug-likeness (QED) is 0.758. The average molecular weight is 334 g/mol. The number of amides is 2. The lowest BCUT2D eigenvalue weighted by molar-refractivity contribution is 0.215. The molecule has 0 aliphatic rings. The minimum absolute atomic E-state index is 0.00686. The first kappa shape index (κ1) is 17.4. The molecule has 0 saturated carbocycles. The Morgan fingerprint density at radius 1 is 1.22 bits per heavy atom. The first-order chi connectivity index (χ1) is 11.0. The van der Waals surface area contributed by atoms with Crippen LogP contribution in [-0.4, -0.2) is 34.0 Å². The number of carbonyl (C=O) groups is 1. The SMILES string of the molecule is CC(C)c1nnc(NC(=O)N[C@@H](CO)[C@@H](C)c2ccccc2)s1. The third-order valence-corrected chi connectivity index (χ3v) is 4.74. The van der Waals surface area contributed by atoms with Gasteiger partial charge >= 0.3 is 6.03 Å². The third-order valence-electron chi connectivity index (χ3n) is 3.60. The van der Waals surface area contributed by atoms with Crippen LogP contribution in [0.15, 0.2) is 30.3 Å². The highest BCUT2D eigenvalue weighted by Crippen LogP contribution is 2.22. The van der Waals surface area contributed by atoms with E-state index in [4.69, 9.17) is 0 Å². The fourth-order valence-corrected chi connectivity index (χ4v) is 2.88.